The predicted octanol–water partition coefficient (Wildman–Crippen LogP) is 2.97. The van der Waals surface area contributed by atoms with Crippen LogP contribution in [0.3, 0.4) is 0 Å². The molecular formula is C11H11F3N2O2. The van der Waals surface area contributed by atoms with E-state index >= 15 is 0 Å². The van der Waals surface area contributed by atoms with Gasteiger partial charge in [0.1, 0.15) is 11.5 Å². The van der Waals surface area contributed by atoms with E-state index in [1.807, 2.05) is 0 Å². The molecule has 1 aromatic carbocycles. The fourth-order valence-electron chi connectivity index (χ4n) is 2.08. The van der Waals surface area contributed by atoms with E-state index in [2.05, 4.69) is 0 Å². The Balaban J connectivity index is 2.35. The Morgan fingerprint density at radius 2 is 2.11 bits per heavy atom. The minimum absolute atomic E-state index is 0.0424. The van der Waals surface area contributed by atoms with Crippen molar-refractivity contribution >= 4 is 11.4 Å². The van der Waals surface area contributed by atoms with E-state index in [1.165, 1.54) is 11.0 Å². The number of hydrogen-bond acceptors (Lipinski definition) is 3. The fraction of sp³-hybridized carbons (Fsp3) is 0.455. The first-order valence-corrected chi connectivity index (χ1v) is 5.46. The first-order chi connectivity index (χ1) is 8.39. The number of nitro benzene ring substituents is 1. The van der Waals surface area contributed by atoms with Crippen molar-refractivity contribution in [3.05, 3.63) is 34.1 Å². The SMILES string of the molecule is O=[N+]([O-])c1cc(F)ccc1N1CCCC(F)(F)C1. The number of benzene rings is 1. The van der Waals surface area contributed by atoms with Gasteiger partial charge in [-0.1, -0.05) is 0 Å². The molecule has 1 saturated heterocycles. The van der Waals surface area contributed by atoms with E-state index in [0.29, 0.717) is 6.54 Å². The number of nitrogens with zero attached hydrogens (tertiary/aromatic N) is 2. The van der Waals surface area contributed by atoms with Gasteiger partial charge in [0.2, 0.25) is 0 Å². The largest absolute Gasteiger partial charge is 0.360 e. The number of rotatable bonds is 2. The molecule has 0 aliphatic carbocycles. The Labute approximate surface area is 101 Å². The lowest BCUT2D eigenvalue weighted by molar-refractivity contribution is -0.384. The van der Waals surface area contributed by atoms with Crippen LogP contribution in [0.2, 0.25) is 0 Å². The fourth-order valence-corrected chi connectivity index (χ4v) is 2.08. The first-order valence-electron chi connectivity index (χ1n) is 5.46. The molecule has 0 aromatic heterocycles. The molecule has 4 nitrogen and oxygen atoms in total. The molecule has 1 aliphatic rings. The van der Waals surface area contributed by atoms with Crippen molar-refractivity contribution in [2.45, 2.75) is 18.8 Å². The summed E-state index contributed by atoms with van der Waals surface area (Å²) in [4.78, 5) is 11.3. The predicted molar refractivity (Wildman–Crippen MR) is 59.4 cm³/mol. The molecule has 0 radical (unpaired) electrons. The molecule has 0 amide bonds. The van der Waals surface area contributed by atoms with Crippen LogP contribution >= 0.6 is 0 Å². The highest BCUT2D eigenvalue weighted by Crippen LogP contribution is 2.35. The summed E-state index contributed by atoms with van der Waals surface area (Å²) >= 11 is 0. The zero-order chi connectivity index (χ0) is 13.3. The zero-order valence-corrected chi connectivity index (χ0v) is 9.41. The van der Waals surface area contributed by atoms with Gasteiger partial charge < -0.3 is 4.90 Å². The second kappa shape index (κ2) is 4.47. The minimum atomic E-state index is -2.86. The number of alkyl halides is 2. The van der Waals surface area contributed by atoms with Crippen molar-refractivity contribution < 1.29 is 18.1 Å². The number of anilines is 1. The third kappa shape index (κ3) is 2.55. The minimum Gasteiger partial charge on any atom is -0.360 e. The molecule has 7 heteroatoms. The van der Waals surface area contributed by atoms with Crippen LogP contribution in [0.4, 0.5) is 24.5 Å². The molecular weight excluding hydrogens is 249 g/mol. The van der Waals surface area contributed by atoms with Crippen LogP contribution in [0.5, 0.6) is 0 Å². The van der Waals surface area contributed by atoms with Gasteiger partial charge in [-0.2, -0.15) is 0 Å². The summed E-state index contributed by atoms with van der Waals surface area (Å²) in [5.74, 6) is -3.62. The van der Waals surface area contributed by atoms with E-state index < -0.39 is 28.9 Å². The highest BCUT2D eigenvalue weighted by Gasteiger charge is 2.37. The van der Waals surface area contributed by atoms with Crippen molar-refractivity contribution in [2.75, 3.05) is 18.0 Å². The van der Waals surface area contributed by atoms with Crippen molar-refractivity contribution in [3.63, 3.8) is 0 Å². The first kappa shape index (κ1) is 12.7. The van der Waals surface area contributed by atoms with Gasteiger partial charge in [-0.25, -0.2) is 13.2 Å². The maximum Gasteiger partial charge on any atom is 0.295 e. The number of halogens is 3. The second-order valence-electron chi connectivity index (χ2n) is 4.27. The molecule has 2 rings (SSSR count). The van der Waals surface area contributed by atoms with Gasteiger partial charge in [0, 0.05) is 13.0 Å². The van der Waals surface area contributed by atoms with Gasteiger partial charge in [-0.15, -0.1) is 0 Å². The molecule has 1 heterocycles. The van der Waals surface area contributed by atoms with E-state index in [-0.39, 0.29) is 18.5 Å². The molecule has 0 saturated carbocycles. The smallest absolute Gasteiger partial charge is 0.295 e. The van der Waals surface area contributed by atoms with Crippen molar-refractivity contribution in [2.24, 2.45) is 0 Å². The third-order valence-corrected chi connectivity index (χ3v) is 2.87. The summed E-state index contributed by atoms with van der Waals surface area (Å²) in [6.45, 7) is -0.262. The Kier molecular flexibility index (Phi) is 3.14. The highest BCUT2D eigenvalue weighted by atomic mass is 19.3. The Morgan fingerprint density at radius 1 is 1.39 bits per heavy atom. The number of piperidine rings is 1. The highest BCUT2D eigenvalue weighted by molar-refractivity contribution is 5.63. The summed E-state index contributed by atoms with van der Waals surface area (Å²) in [6.07, 6.45) is 0.0278. The van der Waals surface area contributed by atoms with Crippen molar-refractivity contribution in [3.8, 4) is 0 Å². The molecule has 0 atom stereocenters. The van der Waals surface area contributed by atoms with Crippen LogP contribution in [0.15, 0.2) is 18.2 Å². The summed E-state index contributed by atoms with van der Waals surface area (Å²) in [7, 11) is 0. The van der Waals surface area contributed by atoms with Crippen LogP contribution in [-0.4, -0.2) is 23.9 Å². The quantitative estimate of drug-likeness (QED) is 0.606. The molecule has 1 aromatic rings. The zero-order valence-electron chi connectivity index (χ0n) is 9.41. The average Bonchev–Trinajstić information content (AvgIpc) is 2.27. The third-order valence-electron chi connectivity index (χ3n) is 2.87. The average molecular weight is 260 g/mol. The Bertz CT molecular complexity index is 479. The number of hydrogen-bond donors (Lipinski definition) is 0. The van der Waals surface area contributed by atoms with Gasteiger partial charge in [-0.3, -0.25) is 10.1 Å². The van der Waals surface area contributed by atoms with Crippen LogP contribution in [0, 0.1) is 15.9 Å². The van der Waals surface area contributed by atoms with E-state index in [1.54, 1.807) is 0 Å². The molecule has 98 valence electrons. The molecule has 1 fully saturated rings. The normalized spacial score (nSPS) is 18.7. The van der Waals surface area contributed by atoms with Crippen LogP contribution < -0.4 is 4.90 Å². The topological polar surface area (TPSA) is 46.4 Å². The maximum atomic E-state index is 13.3. The standard InChI is InChI=1S/C11H11F3N2O2/c12-8-2-3-9(10(6-8)16(17)18)15-5-1-4-11(13,14)7-15/h2-3,6H,1,4-5,7H2. The second-order valence-corrected chi connectivity index (χ2v) is 4.27. The van der Waals surface area contributed by atoms with Crippen LogP contribution in [0.25, 0.3) is 0 Å². The van der Waals surface area contributed by atoms with Gasteiger partial charge in [0.15, 0.2) is 0 Å². The lowest BCUT2D eigenvalue weighted by Gasteiger charge is -2.33. The Hall–Kier alpha value is -1.79. The molecule has 18 heavy (non-hydrogen) atoms. The van der Waals surface area contributed by atoms with Crippen LogP contribution in [-0.2, 0) is 0 Å². The van der Waals surface area contributed by atoms with E-state index in [9.17, 15) is 23.3 Å². The monoisotopic (exact) mass is 260 g/mol. The van der Waals surface area contributed by atoms with Gasteiger partial charge in [0.25, 0.3) is 11.6 Å². The molecule has 0 spiro atoms. The summed E-state index contributed by atoms with van der Waals surface area (Å²) < 4.78 is 39.5. The van der Waals surface area contributed by atoms with Gasteiger partial charge >= 0.3 is 0 Å². The number of nitro groups is 1. The van der Waals surface area contributed by atoms with Crippen molar-refractivity contribution in [1.29, 1.82) is 0 Å². The van der Waals surface area contributed by atoms with Gasteiger partial charge in [0.05, 0.1) is 17.5 Å². The van der Waals surface area contributed by atoms with E-state index in [0.717, 1.165) is 12.1 Å². The summed E-state index contributed by atoms with van der Waals surface area (Å²) in [5, 5.41) is 10.8. The lowest BCUT2D eigenvalue weighted by atomic mass is 10.1. The van der Waals surface area contributed by atoms with Gasteiger partial charge in [-0.05, 0) is 18.6 Å². The van der Waals surface area contributed by atoms with E-state index in [4.69, 9.17) is 0 Å². The maximum absolute atomic E-state index is 13.3. The summed E-state index contributed by atoms with van der Waals surface area (Å²) in [5.41, 5.74) is -0.437. The Morgan fingerprint density at radius 3 is 2.72 bits per heavy atom. The molecule has 0 bridgehead atoms. The molecule has 0 unspecified atom stereocenters. The summed E-state index contributed by atoms with van der Waals surface area (Å²) in [6, 6.07) is 2.96. The molecule has 1 aliphatic heterocycles. The van der Waals surface area contributed by atoms with Crippen LogP contribution in [0.1, 0.15) is 12.8 Å². The molecule has 0 N–H and O–H groups in total. The lowest BCUT2D eigenvalue weighted by Crippen LogP contribution is -2.42. The van der Waals surface area contributed by atoms with Crippen molar-refractivity contribution in [1.82, 2.24) is 0 Å².